The van der Waals surface area contributed by atoms with Gasteiger partial charge in [-0.1, -0.05) is 13.8 Å². The molecule has 17 heavy (non-hydrogen) atoms. The maximum Gasteiger partial charge on any atom is 0.0953 e. The summed E-state index contributed by atoms with van der Waals surface area (Å²) in [6.45, 7) is 5.41. The molecule has 0 fully saturated rings. The number of nitrogens with zero attached hydrogens (tertiary/aromatic N) is 1. The van der Waals surface area contributed by atoms with Crippen molar-refractivity contribution >= 4 is 22.3 Å². The molecular formula is C14H19N3. The smallest absolute Gasteiger partial charge is 0.0953 e. The van der Waals surface area contributed by atoms with Crippen molar-refractivity contribution in [3.8, 4) is 0 Å². The normalized spacial score (nSPS) is 11.0. The zero-order chi connectivity index (χ0) is 12.3. The van der Waals surface area contributed by atoms with E-state index in [-0.39, 0.29) is 0 Å². The van der Waals surface area contributed by atoms with Crippen molar-refractivity contribution in [3.05, 3.63) is 30.5 Å². The Balaban J connectivity index is 2.26. The van der Waals surface area contributed by atoms with Gasteiger partial charge in [0.25, 0.3) is 0 Å². The molecule has 1 aromatic heterocycles. The molecule has 3 nitrogen and oxygen atoms in total. The van der Waals surface area contributed by atoms with Crippen LogP contribution in [0, 0.1) is 5.92 Å². The lowest BCUT2D eigenvalue weighted by Crippen LogP contribution is -2.05. The van der Waals surface area contributed by atoms with Gasteiger partial charge in [0.05, 0.1) is 11.2 Å². The summed E-state index contributed by atoms with van der Waals surface area (Å²) >= 11 is 0. The van der Waals surface area contributed by atoms with Crippen LogP contribution in [0.1, 0.15) is 20.3 Å². The predicted molar refractivity (Wildman–Crippen MR) is 74.1 cm³/mol. The standard InChI is InChI=1S/C14H19N3/c1-10(2)7-9-16-13-6-5-12(15)11-4-3-8-17-14(11)13/h3-6,8,10,16H,7,9,15H2,1-2H3. The Labute approximate surface area is 102 Å². The number of nitrogens with one attached hydrogen (secondary N) is 1. The van der Waals surface area contributed by atoms with Crippen molar-refractivity contribution in [1.29, 1.82) is 0 Å². The van der Waals surface area contributed by atoms with E-state index in [1.165, 1.54) is 0 Å². The Bertz CT molecular complexity index is 506. The van der Waals surface area contributed by atoms with Gasteiger partial charge in [0.1, 0.15) is 0 Å². The summed E-state index contributed by atoms with van der Waals surface area (Å²) in [6, 6.07) is 7.86. The zero-order valence-electron chi connectivity index (χ0n) is 10.4. The van der Waals surface area contributed by atoms with Crippen molar-refractivity contribution < 1.29 is 0 Å². The molecule has 1 aromatic carbocycles. The number of rotatable bonds is 4. The van der Waals surface area contributed by atoms with Crippen molar-refractivity contribution in [2.45, 2.75) is 20.3 Å². The van der Waals surface area contributed by atoms with Crippen LogP contribution in [-0.4, -0.2) is 11.5 Å². The number of hydrogen-bond donors (Lipinski definition) is 2. The maximum absolute atomic E-state index is 5.93. The Morgan fingerprint density at radius 3 is 2.88 bits per heavy atom. The summed E-state index contributed by atoms with van der Waals surface area (Å²) in [5.41, 5.74) is 8.73. The third-order valence-electron chi connectivity index (χ3n) is 2.84. The summed E-state index contributed by atoms with van der Waals surface area (Å²) < 4.78 is 0. The number of anilines is 2. The topological polar surface area (TPSA) is 50.9 Å². The van der Waals surface area contributed by atoms with Gasteiger partial charge in [-0.25, -0.2) is 0 Å². The van der Waals surface area contributed by atoms with Crippen LogP contribution in [0.25, 0.3) is 10.9 Å². The molecule has 3 heteroatoms. The van der Waals surface area contributed by atoms with Crippen molar-refractivity contribution in [2.24, 2.45) is 5.92 Å². The zero-order valence-corrected chi connectivity index (χ0v) is 10.4. The number of pyridine rings is 1. The highest BCUT2D eigenvalue weighted by atomic mass is 14.9. The second-order valence-corrected chi connectivity index (χ2v) is 4.71. The first-order valence-corrected chi connectivity index (χ1v) is 6.05. The summed E-state index contributed by atoms with van der Waals surface area (Å²) in [5, 5.41) is 4.44. The number of nitrogens with two attached hydrogens (primary N) is 1. The summed E-state index contributed by atoms with van der Waals surface area (Å²) in [7, 11) is 0. The largest absolute Gasteiger partial charge is 0.398 e. The van der Waals surface area contributed by atoms with Gasteiger partial charge in [0.15, 0.2) is 0 Å². The van der Waals surface area contributed by atoms with Crippen molar-refractivity contribution in [3.63, 3.8) is 0 Å². The molecule has 0 aliphatic carbocycles. The van der Waals surface area contributed by atoms with Crippen molar-refractivity contribution in [1.82, 2.24) is 4.98 Å². The molecule has 0 saturated heterocycles. The first-order chi connectivity index (χ1) is 8.18. The molecule has 0 radical (unpaired) electrons. The van der Waals surface area contributed by atoms with Crippen LogP contribution in [0.15, 0.2) is 30.5 Å². The lowest BCUT2D eigenvalue weighted by atomic mass is 10.1. The van der Waals surface area contributed by atoms with E-state index in [0.29, 0.717) is 5.92 Å². The average molecular weight is 229 g/mol. The van der Waals surface area contributed by atoms with Gasteiger partial charge in [-0.15, -0.1) is 0 Å². The van der Waals surface area contributed by atoms with E-state index < -0.39 is 0 Å². The molecular weight excluding hydrogens is 210 g/mol. The minimum absolute atomic E-state index is 0.704. The lowest BCUT2D eigenvalue weighted by molar-refractivity contribution is 0.607. The van der Waals surface area contributed by atoms with Crippen LogP contribution in [0.4, 0.5) is 11.4 Å². The van der Waals surface area contributed by atoms with Crippen LogP contribution in [0.2, 0.25) is 0 Å². The predicted octanol–water partition coefficient (Wildman–Crippen LogP) is 3.28. The van der Waals surface area contributed by atoms with E-state index in [1.54, 1.807) is 6.20 Å². The van der Waals surface area contributed by atoms with Gasteiger partial charge in [-0.3, -0.25) is 4.98 Å². The Morgan fingerprint density at radius 2 is 2.12 bits per heavy atom. The van der Waals surface area contributed by atoms with E-state index in [9.17, 15) is 0 Å². The van der Waals surface area contributed by atoms with Crippen LogP contribution >= 0.6 is 0 Å². The Hall–Kier alpha value is -1.77. The number of aromatic nitrogens is 1. The number of benzene rings is 1. The second kappa shape index (κ2) is 5.04. The molecule has 0 spiro atoms. The highest BCUT2D eigenvalue weighted by molar-refractivity contribution is 5.98. The number of fused-ring (bicyclic) bond motifs is 1. The van der Waals surface area contributed by atoms with E-state index >= 15 is 0 Å². The number of nitrogen functional groups attached to an aromatic ring is 1. The average Bonchev–Trinajstić information content (AvgIpc) is 2.32. The molecule has 0 bridgehead atoms. The highest BCUT2D eigenvalue weighted by Crippen LogP contribution is 2.26. The van der Waals surface area contributed by atoms with E-state index in [2.05, 4.69) is 24.1 Å². The van der Waals surface area contributed by atoms with E-state index in [4.69, 9.17) is 5.73 Å². The Morgan fingerprint density at radius 1 is 1.29 bits per heavy atom. The van der Waals surface area contributed by atoms with Crippen LogP contribution in [0.3, 0.4) is 0 Å². The highest BCUT2D eigenvalue weighted by Gasteiger charge is 2.04. The molecule has 0 atom stereocenters. The van der Waals surface area contributed by atoms with Gasteiger partial charge in [0.2, 0.25) is 0 Å². The minimum atomic E-state index is 0.704. The number of hydrogen-bond acceptors (Lipinski definition) is 3. The third kappa shape index (κ3) is 2.67. The molecule has 2 rings (SSSR count). The molecule has 0 aliphatic heterocycles. The fourth-order valence-corrected chi connectivity index (χ4v) is 1.83. The van der Waals surface area contributed by atoms with E-state index in [1.807, 2.05) is 24.3 Å². The quantitative estimate of drug-likeness (QED) is 0.791. The van der Waals surface area contributed by atoms with E-state index in [0.717, 1.165) is 35.2 Å². The summed E-state index contributed by atoms with van der Waals surface area (Å²) in [4.78, 5) is 4.40. The van der Waals surface area contributed by atoms with Gasteiger partial charge >= 0.3 is 0 Å². The van der Waals surface area contributed by atoms with Gasteiger partial charge in [0, 0.05) is 23.8 Å². The molecule has 0 amide bonds. The molecule has 3 N–H and O–H groups in total. The van der Waals surface area contributed by atoms with Crippen LogP contribution in [-0.2, 0) is 0 Å². The molecule has 0 aliphatic rings. The third-order valence-corrected chi connectivity index (χ3v) is 2.84. The molecule has 0 unspecified atom stereocenters. The first-order valence-electron chi connectivity index (χ1n) is 6.05. The fourth-order valence-electron chi connectivity index (χ4n) is 1.83. The maximum atomic E-state index is 5.93. The first kappa shape index (κ1) is 11.7. The molecule has 1 heterocycles. The second-order valence-electron chi connectivity index (χ2n) is 4.71. The van der Waals surface area contributed by atoms with Gasteiger partial charge in [-0.2, -0.15) is 0 Å². The summed E-state index contributed by atoms with van der Waals surface area (Å²) in [6.07, 6.45) is 2.95. The van der Waals surface area contributed by atoms with Crippen molar-refractivity contribution in [2.75, 3.05) is 17.6 Å². The minimum Gasteiger partial charge on any atom is -0.398 e. The lowest BCUT2D eigenvalue weighted by Gasteiger charge is -2.11. The van der Waals surface area contributed by atoms with Crippen LogP contribution in [0.5, 0.6) is 0 Å². The van der Waals surface area contributed by atoms with Gasteiger partial charge in [-0.05, 0) is 36.6 Å². The van der Waals surface area contributed by atoms with Crippen LogP contribution < -0.4 is 11.1 Å². The SMILES string of the molecule is CC(C)CCNc1ccc(N)c2cccnc12. The fraction of sp³-hybridized carbons (Fsp3) is 0.357. The summed E-state index contributed by atoms with van der Waals surface area (Å²) in [5.74, 6) is 0.704. The monoisotopic (exact) mass is 229 g/mol. The molecule has 90 valence electrons. The Kier molecular flexibility index (Phi) is 3.47. The molecule has 0 saturated carbocycles. The molecule has 2 aromatic rings. The van der Waals surface area contributed by atoms with Gasteiger partial charge < -0.3 is 11.1 Å².